The van der Waals surface area contributed by atoms with Gasteiger partial charge in [-0.1, -0.05) is 36.8 Å². The number of likely N-dealkylation sites (N-methyl/N-ethyl adjacent to an activating group) is 1. The number of aliphatic imine (C=N–C) groups is 1. The number of nitrogens with one attached hydrogen (secondary N) is 2. The average molecular weight is 361 g/mol. The molecule has 1 heterocycles. The summed E-state index contributed by atoms with van der Waals surface area (Å²) in [6, 6.07) is 8.79. The minimum absolute atomic E-state index is 0.100. The summed E-state index contributed by atoms with van der Waals surface area (Å²) in [6.45, 7) is 10.6. The van der Waals surface area contributed by atoms with Crippen molar-refractivity contribution >= 4 is 5.96 Å². The molecule has 0 saturated carbocycles. The third-order valence-corrected chi connectivity index (χ3v) is 5.47. The summed E-state index contributed by atoms with van der Waals surface area (Å²) in [5.41, 5.74) is 2.76. The van der Waals surface area contributed by atoms with Crippen molar-refractivity contribution in [2.45, 2.75) is 45.1 Å². The molecule has 1 aromatic rings. The molecule has 1 fully saturated rings. The molecule has 0 spiro atoms. The van der Waals surface area contributed by atoms with E-state index in [0.29, 0.717) is 5.92 Å². The standard InChI is InChI=1S/C21H36N4O/c1-6-22-20(23-15-18(3)19-9-7-17(2)8-10-19)24-16-21(25(4)5)11-13-26-14-12-21/h7-10,18H,6,11-16H2,1-5H3,(H2,22,23,24). The van der Waals surface area contributed by atoms with Crippen LogP contribution in [0.4, 0.5) is 0 Å². The SMILES string of the molecule is CCNC(=NCC1(N(C)C)CCOCC1)NCC(C)c1ccc(C)cc1. The van der Waals surface area contributed by atoms with Crippen LogP contribution in [0.25, 0.3) is 0 Å². The van der Waals surface area contributed by atoms with Crippen LogP contribution in [0, 0.1) is 6.92 Å². The van der Waals surface area contributed by atoms with Crippen LogP contribution in [0.1, 0.15) is 43.7 Å². The highest BCUT2D eigenvalue weighted by Crippen LogP contribution is 2.26. The number of benzene rings is 1. The monoisotopic (exact) mass is 360 g/mol. The number of hydrogen-bond donors (Lipinski definition) is 2. The van der Waals surface area contributed by atoms with Gasteiger partial charge in [-0.3, -0.25) is 4.99 Å². The van der Waals surface area contributed by atoms with Gasteiger partial charge in [-0.25, -0.2) is 0 Å². The Kier molecular flexibility index (Phi) is 7.91. The Morgan fingerprint density at radius 1 is 1.19 bits per heavy atom. The lowest BCUT2D eigenvalue weighted by Crippen LogP contribution is -2.51. The first-order valence-electron chi connectivity index (χ1n) is 9.81. The van der Waals surface area contributed by atoms with Gasteiger partial charge in [0.05, 0.1) is 6.54 Å². The van der Waals surface area contributed by atoms with E-state index < -0.39 is 0 Å². The van der Waals surface area contributed by atoms with Gasteiger partial charge in [0.1, 0.15) is 0 Å². The summed E-state index contributed by atoms with van der Waals surface area (Å²) < 4.78 is 5.56. The molecule has 1 atom stereocenters. The molecule has 2 rings (SSSR count). The maximum absolute atomic E-state index is 5.56. The summed E-state index contributed by atoms with van der Waals surface area (Å²) >= 11 is 0. The van der Waals surface area contributed by atoms with Gasteiger partial charge < -0.3 is 20.3 Å². The molecule has 1 unspecified atom stereocenters. The molecule has 0 aromatic heterocycles. The topological polar surface area (TPSA) is 48.9 Å². The van der Waals surface area contributed by atoms with Crippen LogP contribution in [0.15, 0.2) is 29.3 Å². The van der Waals surface area contributed by atoms with Crippen LogP contribution in [-0.2, 0) is 4.74 Å². The Morgan fingerprint density at radius 3 is 2.42 bits per heavy atom. The molecular formula is C21H36N4O. The van der Waals surface area contributed by atoms with E-state index in [-0.39, 0.29) is 5.54 Å². The van der Waals surface area contributed by atoms with Crippen molar-refractivity contribution in [2.75, 3.05) is 46.9 Å². The van der Waals surface area contributed by atoms with Gasteiger partial charge in [0.15, 0.2) is 5.96 Å². The number of rotatable bonds is 7. The number of guanidine groups is 1. The maximum atomic E-state index is 5.56. The van der Waals surface area contributed by atoms with Crippen LogP contribution in [0.3, 0.4) is 0 Å². The second-order valence-electron chi connectivity index (χ2n) is 7.62. The largest absolute Gasteiger partial charge is 0.381 e. The first-order chi connectivity index (χ1) is 12.5. The summed E-state index contributed by atoms with van der Waals surface area (Å²) in [7, 11) is 4.31. The van der Waals surface area contributed by atoms with E-state index in [1.807, 2.05) is 0 Å². The normalized spacial score (nSPS) is 18.6. The zero-order valence-electron chi connectivity index (χ0n) is 17.1. The first-order valence-corrected chi connectivity index (χ1v) is 9.81. The van der Waals surface area contributed by atoms with Gasteiger partial charge in [0.25, 0.3) is 0 Å². The fraction of sp³-hybridized carbons (Fsp3) is 0.667. The van der Waals surface area contributed by atoms with E-state index in [1.165, 1.54) is 11.1 Å². The van der Waals surface area contributed by atoms with Crippen molar-refractivity contribution in [3.63, 3.8) is 0 Å². The molecule has 2 N–H and O–H groups in total. The van der Waals surface area contributed by atoms with Crippen molar-refractivity contribution in [2.24, 2.45) is 4.99 Å². The number of hydrogen-bond acceptors (Lipinski definition) is 3. The van der Waals surface area contributed by atoms with Gasteiger partial charge in [0, 0.05) is 31.8 Å². The number of nitrogens with zero attached hydrogens (tertiary/aromatic N) is 2. The lowest BCUT2D eigenvalue weighted by molar-refractivity contribution is -0.00254. The van der Waals surface area contributed by atoms with Crippen LogP contribution < -0.4 is 10.6 Å². The zero-order chi connectivity index (χ0) is 19.0. The van der Waals surface area contributed by atoms with Crippen LogP contribution in [-0.4, -0.2) is 63.3 Å². The minimum Gasteiger partial charge on any atom is -0.381 e. The van der Waals surface area contributed by atoms with Gasteiger partial charge in [-0.05, 0) is 52.3 Å². The quantitative estimate of drug-likeness (QED) is 0.580. The predicted octanol–water partition coefficient (Wildman–Crippen LogP) is 2.76. The van der Waals surface area contributed by atoms with E-state index in [2.05, 4.69) is 74.7 Å². The molecule has 146 valence electrons. The van der Waals surface area contributed by atoms with Crippen molar-refractivity contribution in [3.8, 4) is 0 Å². The molecule has 1 aliphatic rings. The second-order valence-corrected chi connectivity index (χ2v) is 7.62. The zero-order valence-corrected chi connectivity index (χ0v) is 17.1. The molecular weight excluding hydrogens is 324 g/mol. The molecule has 0 bridgehead atoms. The Hall–Kier alpha value is -1.59. The maximum Gasteiger partial charge on any atom is 0.191 e. The fourth-order valence-electron chi connectivity index (χ4n) is 3.33. The van der Waals surface area contributed by atoms with E-state index in [4.69, 9.17) is 9.73 Å². The van der Waals surface area contributed by atoms with Crippen molar-refractivity contribution in [1.82, 2.24) is 15.5 Å². The lowest BCUT2D eigenvalue weighted by Gasteiger charge is -2.41. The van der Waals surface area contributed by atoms with Crippen LogP contribution in [0.2, 0.25) is 0 Å². The Balaban J connectivity index is 1.98. The Morgan fingerprint density at radius 2 is 1.85 bits per heavy atom. The van der Waals surface area contributed by atoms with E-state index in [1.54, 1.807) is 0 Å². The lowest BCUT2D eigenvalue weighted by atomic mass is 9.89. The predicted molar refractivity (Wildman–Crippen MR) is 110 cm³/mol. The van der Waals surface area contributed by atoms with Crippen LogP contribution >= 0.6 is 0 Å². The average Bonchev–Trinajstić information content (AvgIpc) is 2.65. The van der Waals surface area contributed by atoms with Gasteiger partial charge in [-0.15, -0.1) is 0 Å². The molecule has 26 heavy (non-hydrogen) atoms. The second kappa shape index (κ2) is 9.93. The molecule has 0 aliphatic carbocycles. The smallest absolute Gasteiger partial charge is 0.191 e. The first kappa shape index (κ1) is 20.7. The summed E-state index contributed by atoms with van der Waals surface area (Å²) in [5.74, 6) is 1.34. The number of ether oxygens (including phenoxy) is 1. The molecule has 0 amide bonds. The Labute approximate surface area is 159 Å². The number of aryl methyl sites for hydroxylation is 1. The highest BCUT2D eigenvalue weighted by Gasteiger charge is 2.34. The van der Waals surface area contributed by atoms with E-state index >= 15 is 0 Å². The van der Waals surface area contributed by atoms with Gasteiger partial charge in [0.2, 0.25) is 0 Å². The fourth-order valence-corrected chi connectivity index (χ4v) is 3.33. The van der Waals surface area contributed by atoms with Crippen molar-refractivity contribution < 1.29 is 4.74 Å². The molecule has 0 radical (unpaired) electrons. The molecule has 1 aromatic carbocycles. The van der Waals surface area contributed by atoms with Gasteiger partial charge >= 0.3 is 0 Å². The molecule has 1 saturated heterocycles. The molecule has 5 nitrogen and oxygen atoms in total. The van der Waals surface area contributed by atoms with Crippen molar-refractivity contribution in [3.05, 3.63) is 35.4 Å². The van der Waals surface area contributed by atoms with E-state index in [0.717, 1.165) is 51.6 Å². The molecule has 5 heteroatoms. The minimum atomic E-state index is 0.100. The highest BCUT2D eigenvalue weighted by molar-refractivity contribution is 5.79. The summed E-state index contributed by atoms with van der Waals surface area (Å²) in [5, 5.41) is 6.90. The summed E-state index contributed by atoms with van der Waals surface area (Å²) in [4.78, 5) is 7.22. The Bertz CT molecular complexity index is 562. The summed E-state index contributed by atoms with van der Waals surface area (Å²) in [6.07, 6.45) is 2.06. The van der Waals surface area contributed by atoms with Gasteiger partial charge in [-0.2, -0.15) is 0 Å². The van der Waals surface area contributed by atoms with Crippen LogP contribution in [0.5, 0.6) is 0 Å². The molecule has 1 aliphatic heterocycles. The third kappa shape index (κ3) is 5.71. The van der Waals surface area contributed by atoms with Crippen molar-refractivity contribution in [1.29, 1.82) is 0 Å². The third-order valence-electron chi connectivity index (χ3n) is 5.47. The highest BCUT2D eigenvalue weighted by atomic mass is 16.5. The van der Waals surface area contributed by atoms with E-state index in [9.17, 15) is 0 Å².